The number of hydrogen-bond donors (Lipinski definition) is 1. The van der Waals surface area contributed by atoms with Gasteiger partial charge in [0.1, 0.15) is 17.3 Å². The van der Waals surface area contributed by atoms with Crippen LogP contribution in [0.25, 0.3) is 10.8 Å². The molecule has 148 valence electrons. The molecule has 3 atom stereocenters. The van der Waals surface area contributed by atoms with Gasteiger partial charge < -0.3 is 9.84 Å². The number of aromatic hydroxyl groups is 1. The van der Waals surface area contributed by atoms with Gasteiger partial charge in [-0.25, -0.2) is 0 Å². The van der Waals surface area contributed by atoms with Gasteiger partial charge in [-0.2, -0.15) is 0 Å². The van der Waals surface area contributed by atoms with Crippen molar-refractivity contribution in [2.24, 2.45) is 22.7 Å². The number of phenols is 1. The van der Waals surface area contributed by atoms with E-state index in [-0.39, 0.29) is 16.6 Å². The molecule has 2 aliphatic carbocycles. The fourth-order valence-electron chi connectivity index (χ4n) is 5.62. The van der Waals surface area contributed by atoms with Gasteiger partial charge in [0.25, 0.3) is 0 Å². The molecule has 0 spiro atoms. The van der Waals surface area contributed by atoms with Crippen molar-refractivity contribution in [3.63, 3.8) is 0 Å². The molecule has 2 aliphatic rings. The summed E-state index contributed by atoms with van der Waals surface area (Å²) in [6.45, 7) is 9.57. The van der Waals surface area contributed by atoms with Crippen molar-refractivity contribution in [1.82, 2.24) is 0 Å². The van der Waals surface area contributed by atoms with Crippen molar-refractivity contribution >= 4 is 16.6 Å². The fourth-order valence-corrected chi connectivity index (χ4v) is 5.62. The third-order valence-electron chi connectivity index (χ3n) is 6.88. The quantitative estimate of drug-likeness (QED) is 0.676. The molecule has 0 unspecified atom stereocenters. The number of Topliss-reactive ketones (excluding diaryl/α,β-unsaturated/α-hetero) is 1. The number of ketones is 1. The Hall–Kier alpha value is -2.29. The van der Waals surface area contributed by atoms with Gasteiger partial charge in [-0.15, -0.1) is 0 Å². The topological polar surface area (TPSA) is 46.5 Å². The number of rotatable bonds is 3. The van der Waals surface area contributed by atoms with Crippen LogP contribution in [0.2, 0.25) is 0 Å². The zero-order valence-electron chi connectivity index (χ0n) is 17.3. The van der Waals surface area contributed by atoms with Crippen molar-refractivity contribution in [2.75, 3.05) is 6.61 Å². The monoisotopic (exact) mass is 378 g/mol. The molecule has 0 aromatic heterocycles. The first-order valence-corrected chi connectivity index (χ1v) is 10.2. The highest BCUT2D eigenvalue weighted by Gasteiger charge is 2.51. The number of carbonyl (C=O) groups is 1. The first kappa shape index (κ1) is 19.0. The maximum Gasteiger partial charge on any atom is 0.134 e. The number of ether oxygens (including phenoxy) is 1. The molecule has 0 saturated heterocycles. The Balaban J connectivity index is 1.53. The second-order valence-corrected chi connectivity index (χ2v) is 9.83. The van der Waals surface area contributed by atoms with Gasteiger partial charge in [0.2, 0.25) is 0 Å². The summed E-state index contributed by atoms with van der Waals surface area (Å²) >= 11 is 0. The standard InChI is InChI=1S/C25H30O3/c1-16-9-23-24(2,3)13-21(27)14-25(23,4)12-19(16)15-28-22-8-6-17-5-7-20(26)10-18(17)11-22/h5-11,19,23,26H,12-15H2,1-4H3/t19-,23-,25-/m0/s1. The Kier molecular flexibility index (Phi) is 4.52. The zero-order valence-corrected chi connectivity index (χ0v) is 17.3. The summed E-state index contributed by atoms with van der Waals surface area (Å²) in [6.07, 6.45) is 4.77. The van der Waals surface area contributed by atoms with Gasteiger partial charge in [0.15, 0.2) is 0 Å². The van der Waals surface area contributed by atoms with Crippen LogP contribution in [-0.4, -0.2) is 17.5 Å². The number of carbonyl (C=O) groups excluding carboxylic acids is 1. The summed E-state index contributed by atoms with van der Waals surface area (Å²) in [5.41, 5.74) is 1.42. The summed E-state index contributed by atoms with van der Waals surface area (Å²) in [4.78, 5) is 12.4. The van der Waals surface area contributed by atoms with Crippen LogP contribution in [0, 0.1) is 22.7 Å². The molecular formula is C25H30O3. The summed E-state index contributed by atoms with van der Waals surface area (Å²) in [5.74, 6) is 2.24. The van der Waals surface area contributed by atoms with E-state index in [4.69, 9.17) is 4.74 Å². The smallest absolute Gasteiger partial charge is 0.134 e. The molecule has 3 heteroatoms. The van der Waals surface area contributed by atoms with E-state index in [0.717, 1.165) is 22.9 Å². The number of allylic oxidation sites excluding steroid dienone is 1. The molecule has 1 fully saturated rings. The molecule has 0 amide bonds. The zero-order chi connectivity index (χ0) is 20.1. The van der Waals surface area contributed by atoms with Crippen LogP contribution in [0.1, 0.15) is 47.0 Å². The van der Waals surface area contributed by atoms with Crippen LogP contribution in [0.15, 0.2) is 48.0 Å². The van der Waals surface area contributed by atoms with E-state index in [9.17, 15) is 9.90 Å². The van der Waals surface area contributed by atoms with Crippen molar-refractivity contribution in [3.05, 3.63) is 48.0 Å². The second kappa shape index (κ2) is 6.65. The SMILES string of the molecule is CC1=C[C@H]2C(C)(C)CC(=O)C[C@]2(C)C[C@H]1COc1ccc2ccc(O)cc2c1. The van der Waals surface area contributed by atoms with Gasteiger partial charge in [0.05, 0.1) is 6.61 Å². The van der Waals surface area contributed by atoms with Crippen molar-refractivity contribution in [1.29, 1.82) is 0 Å². The molecule has 1 saturated carbocycles. The first-order chi connectivity index (χ1) is 13.2. The third kappa shape index (κ3) is 3.43. The fraction of sp³-hybridized carbons (Fsp3) is 0.480. The molecule has 1 N–H and O–H groups in total. The minimum absolute atomic E-state index is 0.0154. The van der Waals surface area contributed by atoms with Crippen LogP contribution in [0.4, 0.5) is 0 Å². The number of fused-ring (bicyclic) bond motifs is 2. The van der Waals surface area contributed by atoms with Gasteiger partial charge in [-0.3, -0.25) is 4.79 Å². The highest BCUT2D eigenvalue weighted by Crippen LogP contribution is 2.56. The van der Waals surface area contributed by atoms with Crippen LogP contribution < -0.4 is 4.74 Å². The Morgan fingerprint density at radius 3 is 2.61 bits per heavy atom. The van der Waals surface area contributed by atoms with E-state index < -0.39 is 0 Å². The predicted octanol–water partition coefficient (Wildman–Crippen LogP) is 5.90. The average molecular weight is 379 g/mol. The van der Waals surface area contributed by atoms with Gasteiger partial charge in [0, 0.05) is 18.8 Å². The van der Waals surface area contributed by atoms with E-state index >= 15 is 0 Å². The van der Waals surface area contributed by atoms with Crippen molar-refractivity contribution in [2.45, 2.75) is 47.0 Å². The minimum atomic E-state index is 0.0154. The van der Waals surface area contributed by atoms with E-state index in [1.165, 1.54) is 5.57 Å². The Labute approximate surface area is 167 Å². The molecule has 3 nitrogen and oxygen atoms in total. The van der Waals surface area contributed by atoms with Crippen LogP contribution in [0.3, 0.4) is 0 Å². The Morgan fingerprint density at radius 1 is 1.07 bits per heavy atom. The van der Waals surface area contributed by atoms with Crippen LogP contribution >= 0.6 is 0 Å². The van der Waals surface area contributed by atoms with Crippen LogP contribution in [0.5, 0.6) is 11.5 Å². The highest BCUT2D eigenvalue weighted by atomic mass is 16.5. The lowest BCUT2D eigenvalue weighted by Crippen LogP contribution is -2.48. The van der Waals surface area contributed by atoms with E-state index in [2.05, 4.69) is 33.8 Å². The summed E-state index contributed by atoms with van der Waals surface area (Å²) < 4.78 is 6.16. The summed E-state index contributed by atoms with van der Waals surface area (Å²) in [5, 5.41) is 11.8. The van der Waals surface area contributed by atoms with Gasteiger partial charge in [-0.1, -0.05) is 44.6 Å². The van der Waals surface area contributed by atoms with E-state index in [0.29, 0.717) is 37.1 Å². The van der Waals surface area contributed by atoms with Crippen molar-refractivity contribution < 1.29 is 14.6 Å². The lowest BCUT2D eigenvalue weighted by Gasteiger charge is -2.53. The molecule has 2 aromatic rings. The predicted molar refractivity (Wildman–Crippen MR) is 113 cm³/mol. The maximum atomic E-state index is 12.4. The Morgan fingerprint density at radius 2 is 1.82 bits per heavy atom. The normalized spacial score (nSPS) is 29.3. The summed E-state index contributed by atoms with van der Waals surface area (Å²) in [7, 11) is 0. The molecule has 4 rings (SSSR count). The lowest BCUT2D eigenvalue weighted by molar-refractivity contribution is -0.132. The second-order valence-electron chi connectivity index (χ2n) is 9.83. The maximum absolute atomic E-state index is 12.4. The molecule has 28 heavy (non-hydrogen) atoms. The first-order valence-electron chi connectivity index (χ1n) is 10.2. The Bertz CT molecular complexity index is 955. The molecular weight excluding hydrogens is 348 g/mol. The van der Waals surface area contributed by atoms with E-state index in [1.807, 2.05) is 24.3 Å². The molecule has 0 aliphatic heterocycles. The number of benzene rings is 2. The van der Waals surface area contributed by atoms with E-state index in [1.54, 1.807) is 12.1 Å². The molecule has 0 heterocycles. The lowest BCUT2D eigenvalue weighted by atomic mass is 9.51. The minimum Gasteiger partial charge on any atom is -0.508 e. The molecule has 0 bridgehead atoms. The largest absolute Gasteiger partial charge is 0.508 e. The molecule has 2 aromatic carbocycles. The highest BCUT2D eigenvalue weighted by molar-refractivity contribution is 5.85. The van der Waals surface area contributed by atoms with Crippen LogP contribution in [-0.2, 0) is 4.79 Å². The average Bonchev–Trinajstić information content (AvgIpc) is 2.60. The molecule has 0 radical (unpaired) electrons. The number of phenolic OH excluding ortho intramolecular Hbond substituents is 1. The third-order valence-corrected chi connectivity index (χ3v) is 6.88. The van der Waals surface area contributed by atoms with Crippen molar-refractivity contribution in [3.8, 4) is 11.5 Å². The van der Waals surface area contributed by atoms with Gasteiger partial charge in [-0.05, 0) is 65.1 Å². The summed E-state index contributed by atoms with van der Waals surface area (Å²) in [6, 6.07) is 11.4. The van der Waals surface area contributed by atoms with Gasteiger partial charge >= 0.3 is 0 Å². The number of hydrogen-bond acceptors (Lipinski definition) is 3.